The summed E-state index contributed by atoms with van der Waals surface area (Å²) < 4.78 is 6.71. The Morgan fingerprint density at radius 3 is 1.51 bits per heavy atom. The predicted molar refractivity (Wildman–Crippen MR) is 215 cm³/mol. The molecule has 0 radical (unpaired) electrons. The van der Waals surface area contributed by atoms with Crippen LogP contribution in [0.2, 0.25) is 0 Å². The Hall–Kier alpha value is -7.17. The Morgan fingerprint density at radius 1 is 0.302 bits per heavy atom. The van der Waals surface area contributed by atoms with Gasteiger partial charge in [-0.1, -0.05) is 158 Å². The van der Waals surface area contributed by atoms with Gasteiger partial charge in [0, 0.05) is 27.6 Å². The van der Waals surface area contributed by atoms with Crippen molar-refractivity contribution in [2.75, 3.05) is 0 Å². The third-order valence-electron chi connectivity index (χ3n) is 9.93. The van der Waals surface area contributed by atoms with Gasteiger partial charge in [-0.15, -0.1) is 0 Å². The molecule has 0 fully saturated rings. The average Bonchev–Trinajstić information content (AvgIpc) is 3.24. The van der Waals surface area contributed by atoms with Crippen LogP contribution in [0.25, 0.3) is 89.4 Å². The lowest BCUT2D eigenvalue weighted by atomic mass is 9.87. The summed E-state index contributed by atoms with van der Waals surface area (Å²) in [5.41, 5.74) is 11.8. The number of rotatable bonds is 6. The van der Waals surface area contributed by atoms with Crippen LogP contribution in [-0.2, 0) is 0 Å². The summed E-state index contributed by atoms with van der Waals surface area (Å²) >= 11 is 0. The molecule has 1 aromatic heterocycles. The zero-order valence-corrected chi connectivity index (χ0v) is 28.6. The Bertz CT molecular complexity index is 2800. The molecule has 0 spiro atoms. The normalized spacial score (nSPS) is 11.5. The van der Waals surface area contributed by atoms with Gasteiger partial charge in [-0.3, -0.25) is 0 Å². The number of nitrogens with zero attached hydrogens (tertiary/aromatic N) is 3. The van der Waals surface area contributed by atoms with E-state index in [0.717, 1.165) is 72.3 Å². The van der Waals surface area contributed by atoms with Crippen LogP contribution >= 0.6 is 0 Å². The molecule has 0 N–H and O–H groups in total. The largest absolute Gasteiger partial charge is 0.456 e. The van der Waals surface area contributed by atoms with E-state index in [1.807, 2.05) is 42.5 Å². The highest BCUT2D eigenvalue weighted by Gasteiger charge is 2.25. The summed E-state index contributed by atoms with van der Waals surface area (Å²) in [5, 5.41) is 2.06. The number of benzene rings is 8. The van der Waals surface area contributed by atoms with Crippen molar-refractivity contribution in [2.45, 2.75) is 0 Å². The predicted octanol–water partition coefficient (Wildman–Crippen LogP) is 12.8. The lowest BCUT2D eigenvalue weighted by Crippen LogP contribution is -2.02. The Labute approximate surface area is 307 Å². The lowest BCUT2D eigenvalue weighted by Gasteiger charge is -2.24. The van der Waals surface area contributed by atoms with E-state index in [1.165, 1.54) is 11.1 Å². The van der Waals surface area contributed by atoms with Crippen molar-refractivity contribution >= 4 is 10.8 Å². The molecule has 0 bridgehead atoms. The Kier molecular flexibility index (Phi) is 7.43. The van der Waals surface area contributed by atoms with Crippen LogP contribution in [0.1, 0.15) is 0 Å². The van der Waals surface area contributed by atoms with Crippen LogP contribution in [0.3, 0.4) is 0 Å². The number of ether oxygens (including phenoxy) is 1. The molecule has 248 valence electrons. The monoisotopic (exact) mass is 677 g/mol. The molecule has 53 heavy (non-hydrogen) atoms. The molecule has 1 aliphatic rings. The molecule has 4 heteroatoms. The van der Waals surface area contributed by atoms with Crippen molar-refractivity contribution in [3.8, 4) is 90.2 Å². The molecule has 0 aliphatic carbocycles. The molecule has 4 nitrogen and oxygen atoms in total. The smallest absolute Gasteiger partial charge is 0.164 e. The average molecular weight is 678 g/mol. The van der Waals surface area contributed by atoms with Gasteiger partial charge >= 0.3 is 0 Å². The van der Waals surface area contributed by atoms with Crippen molar-refractivity contribution in [3.05, 3.63) is 188 Å². The highest BCUT2D eigenvalue weighted by molar-refractivity contribution is 6.11. The zero-order chi connectivity index (χ0) is 35.1. The van der Waals surface area contributed by atoms with Crippen LogP contribution in [0.4, 0.5) is 0 Å². The van der Waals surface area contributed by atoms with E-state index in [1.54, 1.807) is 0 Å². The third-order valence-corrected chi connectivity index (χ3v) is 9.93. The van der Waals surface area contributed by atoms with Gasteiger partial charge in [0.1, 0.15) is 11.5 Å². The first-order valence-electron chi connectivity index (χ1n) is 17.8. The van der Waals surface area contributed by atoms with E-state index in [0.29, 0.717) is 17.5 Å². The second-order valence-corrected chi connectivity index (χ2v) is 13.2. The molecular formula is C49H31N3O. The number of hydrogen-bond donors (Lipinski definition) is 0. The fourth-order valence-electron chi connectivity index (χ4n) is 7.42. The minimum Gasteiger partial charge on any atom is -0.456 e. The summed E-state index contributed by atoms with van der Waals surface area (Å²) in [5.74, 6) is 3.51. The van der Waals surface area contributed by atoms with Crippen LogP contribution in [0, 0.1) is 0 Å². The molecule has 0 amide bonds. The highest BCUT2D eigenvalue weighted by Crippen LogP contribution is 2.51. The van der Waals surface area contributed by atoms with Crippen LogP contribution in [-0.4, -0.2) is 15.0 Å². The second-order valence-electron chi connectivity index (χ2n) is 13.2. The molecule has 9 aromatic rings. The van der Waals surface area contributed by atoms with Crippen LogP contribution in [0.15, 0.2) is 188 Å². The summed E-state index contributed by atoms with van der Waals surface area (Å²) in [6.45, 7) is 0. The molecule has 0 saturated carbocycles. The SMILES string of the molecule is c1ccc(-c2cccc(-c3nc(-c4ccccc4)nc(-c4ccc5c6c(cccc46)-c4c(cccc4-c4cccc(-c6ccccc6)c4)O5)n3)c2)cc1. The van der Waals surface area contributed by atoms with Gasteiger partial charge < -0.3 is 4.74 Å². The van der Waals surface area contributed by atoms with E-state index in [9.17, 15) is 0 Å². The first-order valence-corrected chi connectivity index (χ1v) is 17.8. The molecule has 0 atom stereocenters. The quantitative estimate of drug-likeness (QED) is 0.176. The van der Waals surface area contributed by atoms with Gasteiger partial charge in [0.15, 0.2) is 17.5 Å². The molecule has 8 aromatic carbocycles. The number of aromatic nitrogens is 3. The maximum absolute atomic E-state index is 6.71. The third kappa shape index (κ3) is 5.54. The van der Waals surface area contributed by atoms with Gasteiger partial charge in [0.2, 0.25) is 0 Å². The minimum atomic E-state index is 0.609. The van der Waals surface area contributed by atoms with Crippen molar-refractivity contribution in [3.63, 3.8) is 0 Å². The van der Waals surface area contributed by atoms with Gasteiger partial charge in [-0.2, -0.15) is 0 Å². The molecule has 10 rings (SSSR count). The van der Waals surface area contributed by atoms with Crippen LogP contribution < -0.4 is 4.74 Å². The second kappa shape index (κ2) is 12.9. The Balaban J connectivity index is 1.15. The summed E-state index contributed by atoms with van der Waals surface area (Å²) in [6.07, 6.45) is 0. The maximum atomic E-state index is 6.71. The van der Waals surface area contributed by atoms with Crippen molar-refractivity contribution in [1.29, 1.82) is 0 Å². The van der Waals surface area contributed by atoms with E-state index in [2.05, 4.69) is 146 Å². The molecule has 0 unspecified atom stereocenters. The summed E-state index contributed by atoms with van der Waals surface area (Å²) in [6, 6.07) is 65.1. The molecular weight excluding hydrogens is 647 g/mol. The van der Waals surface area contributed by atoms with E-state index < -0.39 is 0 Å². The summed E-state index contributed by atoms with van der Waals surface area (Å²) in [4.78, 5) is 15.3. The summed E-state index contributed by atoms with van der Waals surface area (Å²) in [7, 11) is 0. The van der Waals surface area contributed by atoms with E-state index in [-0.39, 0.29) is 0 Å². The topological polar surface area (TPSA) is 47.9 Å². The van der Waals surface area contributed by atoms with Gasteiger partial charge in [0.05, 0.1) is 0 Å². The molecule has 1 aliphatic heterocycles. The fourth-order valence-corrected chi connectivity index (χ4v) is 7.42. The number of hydrogen-bond acceptors (Lipinski definition) is 4. The number of fused-ring (bicyclic) bond motifs is 2. The molecule has 0 saturated heterocycles. The maximum Gasteiger partial charge on any atom is 0.164 e. The van der Waals surface area contributed by atoms with Gasteiger partial charge in [-0.25, -0.2) is 15.0 Å². The van der Waals surface area contributed by atoms with E-state index in [4.69, 9.17) is 19.7 Å². The molecule has 2 heterocycles. The van der Waals surface area contributed by atoms with Crippen LogP contribution in [0.5, 0.6) is 11.5 Å². The first-order chi connectivity index (χ1) is 26.3. The lowest BCUT2D eigenvalue weighted by molar-refractivity contribution is 0.487. The van der Waals surface area contributed by atoms with Gasteiger partial charge in [0.25, 0.3) is 0 Å². The van der Waals surface area contributed by atoms with Crippen molar-refractivity contribution in [2.24, 2.45) is 0 Å². The standard InChI is InChI=1S/C49H31N3O/c1-4-14-32(15-5-1)35-20-10-22-37(30-35)39-24-13-27-43-45(39)42-26-12-25-40-41(28-29-44(53-43)46(40)42)49-51-47(34-18-8-3-9-19-34)50-48(52-49)38-23-11-21-36(31-38)33-16-6-2-7-17-33/h1-31H. The van der Waals surface area contributed by atoms with Crippen molar-refractivity contribution < 1.29 is 4.74 Å². The zero-order valence-electron chi connectivity index (χ0n) is 28.6. The minimum absolute atomic E-state index is 0.609. The van der Waals surface area contributed by atoms with E-state index >= 15 is 0 Å². The fraction of sp³-hybridized carbons (Fsp3) is 0. The highest BCUT2D eigenvalue weighted by atomic mass is 16.5. The Morgan fingerprint density at radius 2 is 0.811 bits per heavy atom. The van der Waals surface area contributed by atoms with Gasteiger partial charge in [-0.05, 0) is 74.7 Å². The first kappa shape index (κ1) is 30.6. The van der Waals surface area contributed by atoms with Crippen molar-refractivity contribution in [1.82, 2.24) is 15.0 Å².